The quantitative estimate of drug-likeness (QED) is 0.522. The third-order valence-corrected chi connectivity index (χ3v) is 4.30. The SMILES string of the molecule is COC(=O)c1cccc(NC(=S)NCc2ccccc2-n2ccnc2C)c1. The van der Waals surface area contributed by atoms with E-state index >= 15 is 0 Å². The lowest BCUT2D eigenvalue weighted by Crippen LogP contribution is -2.28. The molecule has 3 rings (SSSR count). The molecular weight excluding hydrogens is 360 g/mol. The predicted molar refractivity (Wildman–Crippen MR) is 109 cm³/mol. The number of methoxy groups -OCH3 is 1. The number of ether oxygens (including phenoxy) is 1. The van der Waals surface area contributed by atoms with Crippen molar-refractivity contribution in [3.63, 3.8) is 0 Å². The molecule has 0 bridgehead atoms. The van der Waals surface area contributed by atoms with Gasteiger partial charge in [-0.2, -0.15) is 0 Å². The molecule has 0 aliphatic heterocycles. The van der Waals surface area contributed by atoms with Gasteiger partial charge in [0.15, 0.2) is 5.11 Å². The molecule has 7 heteroatoms. The lowest BCUT2D eigenvalue weighted by atomic mass is 10.1. The maximum atomic E-state index is 11.6. The van der Waals surface area contributed by atoms with Crippen LogP contribution in [0.5, 0.6) is 0 Å². The molecule has 0 aliphatic carbocycles. The summed E-state index contributed by atoms with van der Waals surface area (Å²) in [6, 6.07) is 15.1. The molecule has 6 nitrogen and oxygen atoms in total. The van der Waals surface area contributed by atoms with Gasteiger partial charge in [-0.15, -0.1) is 0 Å². The number of para-hydroxylation sites is 1. The second-order valence-electron chi connectivity index (χ2n) is 5.85. The topological polar surface area (TPSA) is 68.2 Å². The highest BCUT2D eigenvalue weighted by Crippen LogP contribution is 2.16. The van der Waals surface area contributed by atoms with Crippen LogP contribution in [0.15, 0.2) is 60.9 Å². The zero-order chi connectivity index (χ0) is 19.2. The highest BCUT2D eigenvalue weighted by molar-refractivity contribution is 7.80. The lowest BCUT2D eigenvalue weighted by molar-refractivity contribution is 0.0601. The number of nitrogens with one attached hydrogen (secondary N) is 2. The fraction of sp³-hybridized carbons (Fsp3) is 0.150. The minimum absolute atomic E-state index is 0.387. The van der Waals surface area contributed by atoms with Crippen LogP contribution in [0.1, 0.15) is 21.7 Å². The molecule has 0 atom stereocenters. The van der Waals surface area contributed by atoms with Crippen LogP contribution in [0.4, 0.5) is 5.69 Å². The van der Waals surface area contributed by atoms with Crippen LogP contribution in [-0.2, 0) is 11.3 Å². The molecular formula is C20H20N4O2S. The number of anilines is 1. The van der Waals surface area contributed by atoms with Crippen LogP contribution >= 0.6 is 12.2 Å². The molecule has 0 fully saturated rings. The number of aromatic nitrogens is 2. The average Bonchev–Trinajstić information content (AvgIpc) is 3.12. The van der Waals surface area contributed by atoms with Crippen LogP contribution in [0.3, 0.4) is 0 Å². The van der Waals surface area contributed by atoms with E-state index in [0.717, 1.165) is 17.1 Å². The Kier molecular flexibility index (Phi) is 5.83. The molecule has 0 amide bonds. The van der Waals surface area contributed by atoms with Gasteiger partial charge in [-0.05, 0) is 49.0 Å². The van der Waals surface area contributed by atoms with E-state index in [4.69, 9.17) is 17.0 Å². The van der Waals surface area contributed by atoms with Gasteiger partial charge in [0.2, 0.25) is 0 Å². The summed E-state index contributed by atoms with van der Waals surface area (Å²) in [6.45, 7) is 2.51. The van der Waals surface area contributed by atoms with Crippen molar-refractivity contribution in [1.29, 1.82) is 0 Å². The van der Waals surface area contributed by atoms with Gasteiger partial charge in [0, 0.05) is 24.6 Å². The van der Waals surface area contributed by atoms with E-state index in [1.165, 1.54) is 7.11 Å². The Labute approximate surface area is 163 Å². The van der Waals surface area contributed by atoms with Gasteiger partial charge in [-0.1, -0.05) is 24.3 Å². The van der Waals surface area contributed by atoms with Gasteiger partial charge in [-0.25, -0.2) is 9.78 Å². The van der Waals surface area contributed by atoms with Crippen molar-refractivity contribution in [2.24, 2.45) is 0 Å². The zero-order valence-electron chi connectivity index (χ0n) is 15.1. The molecule has 0 radical (unpaired) electrons. The van der Waals surface area contributed by atoms with E-state index in [-0.39, 0.29) is 5.97 Å². The van der Waals surface area contributed by atoms with Gasteiger partial charge in [-0.3, -0.25) is 0 Å². The van der Waals surface area contributed by atoms with E-state index < -0.39 is 0 Å². The number of benzene rings is 2. The van der Waals surface area contributed by atoms with Gasteiger partial charge in [0.25, 0.3) is 0 Å². The van der Waals surface area contributed by atoms with Crippen LogP contribution in [0, 0.1) is 6.92 Å². The first-order chi connectivity index (χ1) is 13.1. The number of esters is 1. The van der Waals surface area contributed by atoms with E-state index in [1.54, 1.807) is 24.4 Å². The highest BCUT2D eigenvalue weighted by atomic mass is 32.1. The maximum Gasteiger partial charge on any atom is 0.337 e. The second-order valence-corrected chi connectivity index (χ2v) is 6.26. The highest BCUT2D eigenvalue weighted by Gasteiger charge is 2.08. The largest absolute Gasteiger partial charge is 0.465 e. The van der Waals surface area contributed by atoms with Gasteiger partial charge in [0.05, 0.1) is 18.4 Å². The number of imidazole rings is 1. The first kappa shape index (κ1) is 18.6. The summed E-state index contributed by atoms with van der Waals surface area (Å²) in [5, 5.41) is 6.76. The number of hydrogen-bond donors (Lipinski definition) is 2. The van der Waals surface area contributed by atoms with E-state index in [1.807, 2.05) is 48.0 Å². The Balaban J connectivity index is 1.67. The van der Waals surface area contributed by atoms with Crippen LogP contribution in [-0.4, -0.2) is 27.7 Å². The summed E-state index contributed by atoms with van der Waals surface area (Å²) in [7, 11) is 1.36. The van der Waals surface area contributed by atoms with Gasteiger partial charge in [0.1, 0.15) is 5.82 Å². The number of aryl methyl sites for hydroxylation is 1. The molecule has 2 aromatic carbocycles. The van der Waals surface area contributed by atoms with Gasteiger partial charge < -0.3 is 19.9 Å². The van der Waals surface area contributed by atoms with Crippen molar-refractivity contribution in [3.8, 4) is 5.69 Å². The van der Waals surface area contributed by atoms with Gasteiger partial charge >= 0.3 is 5.97 Å². The first-order valence-electron chi connectivity index (χ1n) is 8.40. The number of carbonyl (C=O) groups is 1. The molecule has 0 saturated carbocycles. The summed E-state index contributed by atoms with van der Waals surface area (Å²) in [5.74, 6) is 0.532. The fourth-order valence-corrected chi connectivity index (χ4v) is 2.91. The summed E-state index contributed by atoms with van der Waals surface area (Å²) < 4.78 is 6.77. The third kappa shape index (κ3) is 4.51. The molecule has 27 heavy (non-hydrogen) atoms. The average molecular weight is 380 g/mol. The van der Waals surface area contributed by atoms with Crippen LogP contribution in [0.25, 0.3) is 5.69 Å². The monoisotopic (exact) mass is 380 g/mol. The number of rotatable bonds is 5. The van der Waals surface area contributed by atoms with E-state index in [9.17, 15) is 4.79 Å². The lowest BCUT2D eigenvalue weighted by Gasteiger charge is -2.15. The summed E-state index contributed by atoms with van der Waals surface area (Å²) >= 11 is 5.38. The smallest absolute Gasteiger partial charge is 0.337 e. The molecule has 138 valence electrons. The summed E-state index contributed by atoms with van der Waals surface area (Å²) in [4.78, 5) is 15.9. The Morgan fingerprint density at radius 3 is 2.78 bits per heavy atom. The number of carbonyl (C=O) groups excluding carboxylic acids is 1. The van der Waals surface area contributed by atoms with Crippen LogP contribution < -0.4 is 10.6 Å². The standard InChI is InChI=1S/C20H20N4O2S/c1-14-21-10-11-24(14)18-9-4-3-6-16(18)13-22-20(27)23-17-8-5-7-15(12-17)19(25)26-2/h3-12H,13H2,1-2H3,(H2,22,23,27). The third-order valence-electron chi connectivity index (χ3n) is 4.06. The Morgan fingerprint density at radius 2 is 2.04 bits per heavy atom. The van der Waals surface area contributed by atoms with Crippen molar-refractivity contribution in [2.75, 3.05) is 12.4 Å². The van der Waals surface area contributed by atoms with E-state index in [2.05, 4.69) is 15.6 Å². The molecule has 1 heterocycles. The second kappa shape index (κ2) is 8.46. The van der Waals surface area contributed by atoms with Crippen LogP contribution in [0.2, 0.25) is 0 Å². The number of hydrogen-bond acceptors (Lipinski definition) is 4. The molecule has 0 unspecified atom stereocenters. The van der Waals surface area contributed by atoms with Crippen molar-refractivity contribution in [1.82, 2.24) is 14.9 Å². The van der Waals surface area contributed by atoms with E-state index in [0.29, 0.717) is 22.9 Å². The maximum absolute atomic E-state index is 11.6. The predicted octanol–water partition coefficient (Wildman–Crippen LogP) is 3.45. The van der Waals surface area contributed by atoms with Crippen molar-refractivity contribution in [2.45, 2.75) is 13.5 Å². The fourth-order valence-electron chi connectivity index (χ4n) is 2.72. The van der Waals surface area contributed by atoms with Crippen molar-refractivity contribution in [3.05, 3.63) is 77.9 Å². The molecule has 0 saturated heterocycles. The van der Waals surface area contributed by atoms with Crippen molar-refractivity contribution >= 4 is 29.0 Å². The molecule has 0 aliphatic rings. The Morgan fingerprint density at radius 1 is 1.22 bits per heavy atom. The minimum Gasteiger partial charge on any atom is -0.465 e. The van der Waals surface area contributed by atoms with Crippen molar-refractivity contribution < 1.29 is 9.53 Å². The Bertz CT molecular complexity index is 968. The molecule has 0 spiro atoms. The molecule has 1 aromatic heterocycles. The minimum atomic E-state index is -0.387. The molecule has 2 N–H and O–H groups in total. The summed E-state index contributed by atoms with van der Waals surface area (Å²) in [6.07, 6.45) is 3.71. The normalized spacial score (nSPS) is 10.3. The molecule has 3 aromatic rings. The number of nitrogens with zero attached hydrogens (tertiary/aromatic N) is 2. The summed E-state index contributed by atoms with van der Waals surface area (Å²) in [5.41, 5.74) is 3.32. The first-order valence-corrected chi connectivity index (χ1v) is 8.81. The zero-order valence-corrected chi connectivity index (χ0v) is 15.9. The Hall–Kier alpha value is -3.19. The number of thiocarbonyl (C=S) groups is 1.